The molecule has 3 aliphatic rings. The number of hydrogen-bond acceptors (Lipinski definition) is 5. The van der Waals surface area contributed by atoms with Gasteiger partial charge < -0.3 is 14.2 Å². The second-order valence-corrected chi connectivity index (χ2v) is 14.5. The van der Waals surface area contributed by atoms with Crippen LogP contribution < -0.4 is 0 Å². The number of esters is 2. The molecule has 45 heavy (non-hydrogen) atoms. The Morgan fingerprint density at radius 3 is 1.27 bits per heavy atom. The van der Waals surface area contributed by atoms with Crippen molar-refractivity contribution in [2.24, 2.45) is 0 Å². The lowest BCUT2D eigenvalue weighted by Gasteiger charge is -2.59. The van der Waals surface area contributed by atoms with Crippen molar-refractivity contribution in [3.8, 4) is 0 Å². The minimum Gasteiger partial charge on any atom is -0.453 e. The lowest BCUT2D eigenvalue weighted by atomic mass is 9.51. The van der Waals surface area contributed by atoms with Gasteiger partial charge in [-0.25, -0.2) is 9.59 Å². The third kappa shape index (κ3) is 4.80. The van der Waals surface area contributed by atoms with Crippen molar-refractivity contribution < 1.29 is 23.8 Å². The summed E-state index contributed by atoms with van der Waals surface area (Å²) in [5.74, 6) is -0.982. The Kier molecular flexibility index (Phi) is 7.32. The van der Waals surface area contributed by atoms with Gasteiger partial charge in [0.05, 0.1) is 16.5 Å². The molecule has 2 atom stereocenters. The van der Waals surface area contributed by atoms with Gasteiger partial charge in [-0.3, -0.25) is 0 Å². The van der Waals surface area contributed by atoms with Gasteiger partial charge in [-0.05, 0) is 75.4 Å². The van der Waals surface area contributed by atoms with Gasteiger partial charge in [-0.1, -0.05) is 114 Å². The van der Waals surface area contributed by atoms with Gasteiger partial charge in [-0.15, -0.1) is 0 Å². The standard InChI is InChI=1S/C40H42O5/c1-37(2,3)27-21-17-25(18-22-27)35(41)44-33-34(45-36(42)26-19-23-28(24-20-26)38(4,5)6)40(43-8)31-15-11-9-13-29(31)39(33,7)30-14-10-12-16-32(30)40/h9-24,33-34H,1-8H3/t33?,34?,39-,40-. The second kappa shape index (κ2) is 10.7. The normalized spacial score (nSPS) is 23.6. The lowest BCUT2D eigenvalue weighted by molar-refractivity contribution is -0.167. The molecule has 4 aromatic rings. The molecule has 0 radical (unpaired) electrons. The zero-order valence-corrected chi connectivity index (χ0v) is 27.4. The number of carbonyl (C=O) groups excluding carboxylic acids is 2. The Morgan fingerprint density at radius 2 is 0.911 bits per heavy atom. The summed E-state index contributed by atoms with van der Waals surface area (Å²) < 4.78 is 19.5. The summed E-state index contributed by atoms with van der Waals surface area (Å²) in [6.45, 7) is 14.9. The predicted octanol–water partition coefficient (Wildman–Crippen LogP) is 8.26. The quantitative estimate of drug-likeness (QED) is 0.215. The van der Waals surface area contributed by atoms with Crippen molar-refractivity contribution >= 4 is 11.9 Å². The predicted molar refractivity (Wildman–Crippen MR) is 176 cm³/mol. The van der Waals surface area contributed by atoms with E-state index in [9.17, 15) is 9.59 Å². The maximum atomic E-state index is 14.0. The molecule has 0 aliphatic heterocycles. The first-order valence-corrected chi connectivity index (χ1v) is 15.6. The fourth-order valence-corrected chi connectivity index (χ4v) is 7.18. The number of carbonyl (C=O) groups is 2. The van der Waals surface area contributed by atoms with E-state index in [-0.39, 0.29) is 10.8 Å². The SMILES string of the molecule is CO[C@]12c3ccccc3[C@](C)(c3ccccc31)C(OC(=O)c1ccc(C(C)(C)C)cc1)C2OC(=O)c1ccc(C(C)(C)C)cc1. The molecule has 0 N–H and O–H groups in total. The van der Waals surface area contributed by atoms with Gasteiger partial charge >= 0.3 is 11.9 Å². The van der Waals surface area contributed by atoms with Crippen LogP contribution in [0.5, 0.6) is 0 Å². The molecule has 0 spiro atoms. The van der Waals surface area contributed by atoms with Gasteiger partial charge in [0, 0.05) is 7.11 Å². The van der Waals surface area contributed by atoms with Crippen LogP contribution >= 0.6 is 0 Å². The van der Waals surface area contributed by atoms with Crippen molar-refractivity contribution in [1.82, 2.24) is 0 Å². The Bertz CT molecular complexity index is 1700. The molecule has 0 heterocycles. The number of ether oxygens (including phenoxy) is 3. The van der Waals surface area contributed by atoms with Gasteiger partial charge in [-0.2, -0.15) is 0 Å². The molecule has 2 bridgehead atoms. The Labute approximate surface area is 266 Å². The summed E-state index contributed by atoms with van der Waals surface area (Å²) in [6, 6.07) is 31.1. The topological polar surface area (TPSA) is 61.8 Å². The first-order chi connectivity index (χ1) is 21.2. The van der Waals surface area contributed by atoms with Gasteiger partial charge in [0.25, 0.3) is 0 Å². The smallest absolute Gasteiger partial charge is 0.338 e. The van der Waals surface area contributed by atoms with Crippen molar-refractivity contribution in [3.05, 3.63) is 142 Å². The average Bonchev–Trinajstić information content (AvgIpc) is 3.02. The first kappa shape index (κ1) is 30.8. The molecule has 0 amide bonds. The van der Waals surface area contributed by atoms with Crippen LogP contribution in [0, 0.1) is 0 Å². The molecular weight excluding hydrogens is 560 g/mol. The third-order valence-electron chi connectivity index (χ3n) is 9.78. The van der Waals surface area contributed by atoms with E-state index in [4.69, 9.17) is 14.2 Å². The average molecular weight is 603 g/mol. The summed E-state index contributed by atoms with van der Waals surface area (Å²) in [4.78, 5) is 27.9. The summed E-state index contributed by atoms with van der Waals surface area (Å²) >= 11 is 0. The van der Waals surface area contributed by atoms with Crippen LogP contribution in [0.25, 0.3) is 0 Å². The summed E-state index contributed by atoms with van der Waals surface area (Å²) in [7, 11) is 1.63. The summed E-state index contributed by atoms with van der Waals surface area (Å²) in [5.41, 5.74) is 4.71. The highest BCUT2D eigenvalue weighted by Crippen LogP contribution is 2.61. The van der Waals surface area contributed by atoms with E-state index in [2.05, 4.69) is 60.6 Å². The molecule has 0 saturated heterocycles. The monoisotopic (exact) mass is 602 g/mol. The van der Waals surface area contributed by atoms with Crippen LogP contribution in [0.4, 0.5) is 0 Å². The number of methoxy groups -OCH3 is 1. The molecule has 5 heteroatoms. The summed E-state index contributed by atoms with van der Waals surface area (Å²) in [6.07, 6.45) is -1.85. The van der Waals surface area contributed by atoms with E-state index in [1.807, 2.05) is 60.7 Å². The highest BCUT2D eigenvalue weighted by molar-refractivity contribution is 5.91. The van der Waals surface area contributed by atoms with E-state index >= 15 is 0 Å². The van der Waals surface area contributed by atoms with E-state index in [1.165, 1.54) is 0 Å². The molecule has 0 fully saturated rings. The molecule has 3 aliphatic carbocycles. The second-order valence-electron chi connectivity index (χ2n) is 14.5. The largest absolute Gasteiger partial charge is 0.453 e. The molecule has 5 nitrogen and oxygen atoms in total. The number of benzene rings is 4. The zero-order valence-electron chi connectivity index (χ0n) is 27.4. The minimum atomic E-state index is -1.20. The molecule has 232 valence electrons. The Morgan fingerprint density at radius 1 is 0.556 bits per heavy atom. The van der Waals surface area contributed by atoms with Crippen molar-refractivity contribution in [1.29, 1.82) is 0 Å². The fraction of sp³-hybridized carbons (Fsp3) is 0.350. The van der Waals surface area contributed by atoms with Crippen LogP contribution in [0.3, 0.4) is 0 Å². The Balaban J connectivity index is 1.48. The van der Waals surface area contributed by atoms with Crippen LogP contribution in [-0.4, -0.2) is 31.3 Å². The molecule has 7 rings (SSSR count). The van der Waals surface area contributed by atoms with Crippen LogP contribution in [-0.2, 0) is 36.1 Å². The van der Waals surface area contributed by atoms with Crippen molar-refractivity contribution in [2.45, 2.75) is 82.5 Å². The maximum absolute atomic E-state index is 14.0. The Hall–Kier alpha value is -4.22. The highest BCUT2D eigenvalue weighted by atomic mass is 16.6. The van der Waals surface area contributed by atoms with Crippen molar-refractivity contribution in [3.63, 3.8) is 0 Å². The van der Waals surface area contributed by atoms with Gasteiger partial charge in [0.15, 0.2) is 17.8 Å². The molecule has 0 aromatic heterocycles. The fourth-order valence-electron chi connectivity index (χ4n) is 7.18. The minimum absolute atomic E-state index is 0.0545. The van der Waals surface area contributed by atoms with E-state index in [1.54, 1.807) is 31.4 Å². The third-order valence-corrected chi connectivity index (χ3v) is 9.78. The molecule has 2 unspecified atom stereocenters. The molecule has 0 saturated carbocycles. The van der Waals surface area contributed by atoms with Gasteiger partial charge in [0.2, 0.25) is 0 Å². The number of hydrogen-bond donors (Lipinski definition) is 0. The van der Waals surface area contributed by atoms with Gasteiger partial charge in [0.1, 0.15) is 0 Å². The number of fused-ring (bicyclic) bond motifs is 1. The highest BCUT2D eigenvalue weighted by Gasteiger charge is 2.68. The van der Waals surface area contributed by atoms with E-state index < -0.39 is 35.2 Å². The lowest BCUT2D eigenvalue weighted by Crippen LogP contribution is -2.67. The van der Waals surface area contributed by atoms with Crippen molar-refractivity contribution in [2.75, 3.05) is 7.11 Å². The number of rotatable bonds is 5. The van der Waals surface area contributed by atoms with E-state index in [0.29, 0.717) is 11.1 Å². The van der Waals surface area contributed by atoms with E-state index in [0.717, 1.165) is 33.4 Å². The van der Waals surface area contributed by atoms with Crippen LogP contribution in [0.2, 0.25) is 0 Å². The summed E-state index contributed by atoms with van der Waals surface area (Å²) in [5, 5.41) is 0. The van der Waals surface area contributed by atoms with Crippen LogP contribution in [0.15, 0.2) is 97.1 Å². The molecule has 4 aromatic carbocycles. The van der Waals surface area contributed by atoms with Crippen LogP contribution in [0.1, 0.15) is 103 Å². The zero-order chi connectivity index (χ0) is 32.4. The molecular formula is C40H42O5. The first-order valence-electron chi connectivity index (χ1n) is 15.6. The maximum Gasteiger partial charge on any atom is 0.338 e.